The number of ketones is 2. The molecule has 0 N–H and O–H groups in total. The molecule has 134 valence electrons. The van der Waals surface area contributed by atoms with Gasteiger partial charge in [-0.25, -0.2) is 0 Å². The maximum Gasteiger partial charge on any atom is 0.168 e. The van der Waals surface area contributed by atoms with E-state index >= 15 is 0 Å². The van der Waals surface area contributed by atoms with Crippen LogP contribution in [0.4, 0.5) is 5.69 Å². The lowest BCUT2D eigenvalue weighted by atomic mass is 9.83. The van der Waals surface area contributed by atoms with Crippen molar-refractivity contribution in [2.45, 2.75) is 0 Å². The predicted octanol–water partition coefficient (Wildman–Crippen LogP) is 4.50. The second-order valence-electron chi connectivity index (χ2n) is 6.91. The first kappa shape index (κ1) is 17.2. The number of anilines is 1. The zero-order chi connectivity index (χ0) is 18.6. The molecule has 1 heterocycles. The number of hydrogen-bond donors (Lipinski definition) is 0. The highest BCUT2D eigenvalue weighted by Crippen LogP contribution is 2.33. The summed E-state index contributed by atoms with van der Waals surface area (Å²) in [5.74, 6) is -0.604. The van der Waals surface area contributed by atoms with Crippen LogP contribution in [0.1, 0.15) is 20.7 Å². The van der Waals surface area contributed by atoms with Gasteiger partial charge in [-0.3, -0.25) is 9.59 Å². The number of benzene rings is 3. The number of hydrogen-bond acceptors (Lipinski definition) is 3. The van der Waals surface area contributed by atoms with Gasteiger partial charge >= 0.3 is 0 Å². The summed E-state index contributed by atoms with van der Waals surface area (Å²) in [5.41, 5.74) is 2.39. The molecule has 3 aromatic carbocycles. The number of carbonyl (C=O) groups is 2. The average molecular weight is 355 g/mol. The number of nitrogens with zero attached hydrogens (tertiary/aromatic N) is 1. The molecule has 0 aliphatic carbocycles. The minimum absolute atomic E-state index is 0.0447. The van der Waals surface area contributed by atoms with Gasteiger partial charge < -0.3 is 4.90 Å². The summed E-state index contributed by atoms with van der Waals surface area (Å²) in [5, 5.41) is 0. The second kappa shape index (κ2) is 7.58. The summed E-state index contributed by atoms with van der Waals surface area (Å²) in [7, 11) is 0. The average Bonchev–Trinajstić information content (AvgIpc) is 3.20. The molecule has 3 aromatic rings. The lowest BCUT2D eigenvalue weighted by Crippen LogP contribution is -2.29. The van der Waals surface area contributed by atoms with E-state index in [0.717, 1.165) is 5.69 Å². The van der Waals surface area contributed by atoms with Crippen LogP contribution < -0.4 is 4.90 Å². The van der Waals surface area contributed by atoms with Crippen molar-refractivity contribution in [3.63, 3.8) is 0 Å². The van der Waals surface area contributed by atoms with Crippen LogP contribution in [0.3, 0.4) is 0 Å². The van der Waals surface area contributed by atoms with Crippen molar-refractivity contribution in [2.75, 3.05) is 18.0 Å². The third kappa shape index (κ3) is 3.54. The minimum atomic E-state index is -0.347. The van der Waals surface area contributed by atoms with Gasteiger partial charge in [-0.05, 0) is 12.1 Å². The van der Waals surface area contributed by atoms with Gasteiger partial charge in [0.15, 0.2) is 11.6 Å². The van der Waals surface area contributed by atoms with Crippen molar-refractivity contribution in [1.82, 2.24) is 0 Å². The Morgan fingerprint density at radius 3 is 1.37 bits per heavy atom. The molecule has 0 amide bonds. The summed E-state index contributed by atoms with van der Waals surface area (Å²) in [6.45, 7) is 1.11. The van der Waals surface area contributed by atoms with E-state index in [1.807, 2.05) is 91.0 Å². The topological polar surface area (TPSA) is 37.4 Å². The Morgan fingerprint density at radius 2 is 0.963 bits per heavy atom. The van der Waals surface area contributed by atoms with E-state index in [4.69, 9.17) is 0 Å². The highest BCUT2D eigenvalue weighted by Gasteiger charge is 2.42. The molecule has 1 aliphatic heterocycles. The van der Waals surface area contributed by atoms with E-state index in [0.29, 0.717) is 24.2 Å². The van der Waals surface area contributed by atoms with E-state index in [2.05, 4.69) is 4.90 Å². The van der Waals surface area contributed by atoms with Crippen LogP contribution in [0.2, 0.25) is 0 Å². The molecule has 0 aromatic heterocycles. The zero-order valence-corrected chi connectivity index (χ0v) is 15.0. The van der Waals surface area contributed by atoms with Crippen LogP contribution in [0, 0.1) is 11.8 Å². The molecule has 0 spiro atoms. The van der Waals surface area contributed by atoms with Gasteiger partial charge in [0.25, 0.3) is 0 Å². The van der Waals surface area contributed by atoms with Crippen LogP contribution in [0.5, 0.6) is 0 Å². The normalized spacial score (nSPS) is 19.0. The van der Waals surface area contributed by atoms with E-state index < -0.39 is 0 Å². The van der Waals surface area contributed by atoms with Gasteiger partial charge in [-0.15, -0.1) is 0 Å². The molecule has 3 nitrogen and oxygen atoms in total. The summed E-state index contributed by atoms with van der Waals surface area (Å²) in [6, 6.07) is 28.6. The predicted molar refractivity (Wildman–Crippen MR) is 107 cm³/mol. The van der Waals surface area contributed by atoms with Crippen molar-refractivity contribution in [1.29, 1.82) is 0 Å². The van der Waals surface area contributed by atoms with Crippen molar-refractivity contribution in [2.24, 2.45) is 11.8 Å². The maximum atomic E-state index is 13.2. The molecule has 1 aliphatic rings. The Bertz CT molecular complexity index is 863. The first-order chi connectivity index (χ1) is 13.2. The van der Waals surface area contributed by atoms with Crippen molar-refractivity contribution in [3.8, 4) is 0 Å². The smallest absolute Gasteiger partial charge is 0.168 e. The zero-order valence-electron chi connectivity index (χ0n) is 15.0. The van der Waals surface area contributed by atoms with E-state index in [1.54, 1.807) is 0 Å². The fraction of sp³-hybridized carbons (Fsp3) is 0.167. The molecule has 1 fully saturated rings. The Morgan fingerprint density at radius 1 is 0.593 bits per heavy atom. The Hall–Kier alpha value is -3.20. The molecule has 4 rings (SSSR count). The second-order valence-corrected chi connectivity index (χ2v) is 6.91. The van der Waals surface area contributed by atoms with Crippen molar-refractivity contribution in [3.05, 3.63) is 102 Å². The lowest BCUT2D eigenvalue weighted by Gasteiger charge is -2.18. The Labute approximate surface area is 159 Å². The number of para-hydroxylation sites is 1. The van der Waals surface area contributed by atoms with Gasteiger partial charge in [0.05, 0.1) is 11.8 Å². The van der Waals surface area contributed by atoms with Gasteiger partial charge in [-0.2, -0.15) is 0 Å². The van der Waals surface area contributed by atoms with Crippen molar-refractivity contribution >= 4 is 17.3 Å². The van der Waals surface area contributed by atoms with Crippen LogP contribution in [-0.2, 0) is 0 Å². The highest BCUT2D eigenvalue weighted by atomic mass is 16.1. The van der Waals surface area contributed by atoms with Crippen LogP contribution in [0.15, 0.2) is 91.0 Å². The number of rotatable bonds is 5. The van der Waals surface area contributed by atoms with Gasteiger partial charge in [0.2, 0.25) is 0 Å². The lowest BCUT2D eigenvalue weighted by molar-refractivity contribution is 0.0809. The molecule has 0 unspecified atom stereocenters. The largest absolute Gasteiger partial charge is 0.370 e. The third-order valence-electron chi connectivity index (χ3n) is 5.23. The quantitative estimate of drug-likeness (QED) is 0.632. The minimum Gasteiger partial charge on any atom is -0.370 e. The number of Topliss-reactive ketones (excluding diaryl/α,β-unsaturated/α-hetero) is 2. The van der Waals surface area contributed by atoms with E-state index in [-0.39, 0.29) is 23.4 Å². The van der Waals surface area contributed by atoms with Crippen LogP contribution in [0.25, 0.3) is 0 Å². The monoisotopic (exact) mass is 355 g/mol. The number of carbonyl (C=O) groups excluding carboxylic acids is 2. The molecule has 2 atom stereocenters. The molecular weight excluding hydrogens is 334 g/mol. The standard InChI is InChI=1S/C24H21NO2/c26-23(18-10-4-1-5-11-18)21-16-25(20-14-8-3-9-15-20)17-22(21)24(27)19-12-6-2-7-13-19/h1-15,21-22H,16-17H2/t21-,22-/m0/s1. The highest BCUT2D eigenvalue weighted by molar-refractivity contribution is 6.06. The molecule has 3 heteroatoms. The van der Waals surface area contributed by atoms with Crippen molar-refractivity contribution < 1.29 is 9.59 Å². The molecule has 0 radical (unpaired) electrons. The Kier molecular flexibility index (Phi) is 4.84. The molecular formula is C24H21NO2. The fourth-order valence-corrected chi connectivity index (χ4v) is 3.82. The van der Waals surface area contributed by atoms with Gasteiger partial charge in [0, 0.05) is 29.9 Å². The summed E-state index contributed by atoms with van der Waals surface area (Å²) in [4.78, 5) is 28.5. The summed E-state index contributed by atoms with van der Waals surface area (Å²) < 4.78 is 0. The summed E-state index contributed by atoms with van der Waals surface area (Å²) in [6.07, 6.45) is 0. The van der Waals surface area contributed by atoms with Crippen LogP contribution in [-0.4, -0.2) is 24.7 Å². The van der Waals surface area contributed by atoms with Crippen LogP contribution >= 0.6 is 0 Å². The molecule has 27 heavy (non-hydrogen) atoms. The Balaban J connectivity index is 1.67. The summed E-state index contributed by atoms with van der Waals surface area (Å²) >= 11 is 0. The molecule has 0 bridgehead atoms. The molecule has 0 saturated carbocycles. The van der Waals surface area contributed by atoms with E-state index in [9.17, 15) is 9.59 Å². The third-order valence-corrected chi connectivity index (χ3v) is 5.23. The van der Waals surface area contributed by atoms with Gasteiger partial charge in [0.1, 0.15) is 0 Å². The first-order valence-electron chi connectivity index (χ1n) is 9.22. The van der Waals surface area contributed by atoms with Gasteiger partial charge in [-0.1, -0.05) is 78.9 Å². The maximum absolute atomic E-state index is 13.2. The molecule has 1 saturated heterocycles. The SMILES string of the molecule is O=C(c1ccccc1)[C@H]1CN(c2ccccc2)C[C@@H]1C(=O)c1ccccc1. The first-order valence-corrected chi connectivity index (χ1v) is 9.22. The fourth-order valence-electron chi connectivity index (χ4n) is 3.82. The van der Waals surface area contributed by atoms with E-state index in [1.165, 1.54) is 0 Å².